The highest BCUT2D eigenvalue weighted by Gasteiger charge is 2.50. The van der Waals surface area contributed by atoms with Gasteiger partial charge in [-0.2, -0.15) is 0 Å². The summed E-state index contributed by atoms with van der Waals surface area (Å²) in [5.41, 5.74) is -0.331. The number of carbonyl (C=O) groups excluding carboxylic acids is 1. The van der Waals surface area contributed by atoms with E-state index in [1.165, 1.54) is 18.5 Å². The molecule has 10 heteroatoms. The quantitative estimate of drug-likeness (QED) is 0.167. The summed E-state index contributed by atoms with van der Waals surface area (Å²) in [7, 11) is -3.07. The van der Waals surface area contributed by atoms with Crippen LogP contribution < -0.4 is 15.3 Å². The Hall–Kier alpha value is -3.50. The number of halogens is 3. The maximum absolute atomic E-state index is 16.3. The smallest absolute Gasteiger partial charge is 0.261 e. The van der Waals surface area contributed by atoms with Crippen LogP contribution in [0, 0.1) is 11.6 Å². The van der Waals surface area contributed by atoms with Gasteiger partial charge in [0.15, 0.2) is 16.8 Å². The zero-order valence-corrected chi connectivity index (χ0v) is 27.2. The van der Waals surface area contributed by atoms with Crippen LogP contribution in [0.1, 0.15) is 56.2 Å². The SMILES string of the molecule is CC1CN(c2c(CO[Si](c3ccccc3)(c3ccccc3)C(C)(C)C)cc(C(=O)c3nccnc3Cl)c(F)c2F)CC(C)O1. The number of anilines is 1. The number of benzene rings is 3. The molecular weight excluding hydrogens is 600 g/mol. The van der Waals surface area contributed by atoms with Crippen LogP contribution in [0.3, 0.4) is 0 Å². The van der Waals surface area contributed by atoms with Crippen LogP contribution in [-0.4, -0.2) is 49.4 Å². The Bertz CT molecular complexity index is 1590. The number of rotatable bonds is 8. The molecule has 5 rings (SSSR count). The molecule has 230 valence electrons. The standard InChI is InChI=1S/C34H36ClF2N3O3Si/c1-22-19-40(20-23(2)43-22)31-24(18-27(28(36)29(31)37)32(41)30-33(35)39-17-16-38-30)21-42-44(34(3,4)5,25-12-8-6-9-13-25)26-14-10-7-11-15-26/h6-18,22-23H,19-21H2,1-5H3. The predicted octanol–water partition coefficient (Wildman–Crippen LogP) is 6.33. The molecule has 2 atom stereocenters. The molecule has 1 aliphatic heterocycles. The molecule has 2 heterocycles. The second-order valence-corrected chi connectivity index (χ2v) is 16.9. The van der Waals surface area contributed by atoms with Crippen molar-refractivity contribution in [2.75, 3.05) is 18.0 Å². The maximum Gasteiger partial charge on any atom is 0.261 e. The summed E-state index contributed by atoms with van der Waals surface area (Å²) in [4.78, 5) is 23.2. The summed E-state index contributed by atoms with van der Waals surface area (Å²) in [6.07, 6.45) is 2.17. The van der Waals surface area contributed by atoms with Gasteiger partial charge < -0.3 is 14.1 Å². The number of hydrogen-bond donors (Lipinski definition) is 0. The normalized spacial score (nSPS) is 17.5. The molecule has 6 nitrogen and oxygen atoms in total. The number of morpholine rings is 1. The van der Waals surface area contributed by atoms with Gasteiger partial charge in [0.05, 0.1) is 30.1 Å². The number of ether oxygens (including phenoxy) is 1. The fraction of sp³-hybridized carbons (Fsp3) is 0.324. The van der Waals surface area contributed by atoms with E-state index >= 15 is 8.78 Å². The third-order valence-electron chi connectivity index (χ3n) is 7.97. The molecule has 3 aromatic carbocycles. The Morgan fingerprint density at radius 2 is 1.50 bits per heavy atom. The highest BCUT2D eigenvalue weighted by atomic mass is 35.5. The van der Waals surface area contributed by atoms with E-state index in [1.807, 2.05) is 50.2 Å². The second kappa shape index (κ2) is 12.8. The van der Waals surface area contributed by atoms with Gasteiger partial charge in [-0.1, -0.05) is 93.0 Å². The summed E-state index contributed by atoms with van der Waals surface area (Å²) in [6.45, 7) is 10.8. The molecule has 0 bridgehead atoms. The monoisotopic (exact) mass is 635 g/mol. The van der Waals surface area contributed by atoms with Crippen molar-refractivity contribution in [3.05, 3.63) is 113 Å². The summed E-state index contributed by atoms with van der Waals surface area (Å²) in [6, 6.07) is 21.5. The van der Waals surface area contributed by atoms with Gasteiger partial charge in [-0.15, -0.1) is 0 Å². The summed E-state index contributed by atoms with van der Waals surface area (Å²) in [5.74, 6) is -3.26. The van der Waals surface area contributed by atoms with Crippen LogP contribution in [0.15, 0.2) is 79.1 Å². The lowest BCUT2D eigenvalue weighted by molar-refractivity contribution is -0.00553. The van der Waals surface area contributed by atoms with Crippen molar-refractivity contribution < 1.29 is 22.7 Å². The van der Waals surface area contributed by atoms with Gasteiger partial charge in [-0.05, 0) is 35.3 Å². The highest BCUT2D eigenvalue weighted by Crippen LogP contribution is 2.39. The molecule has 0 aliphatic carbocycles. The van der Waals surface area contributed by atoms with Crippen molar-refractivity contribution in [1.29, 1.82) is 0 Å². The summed E-state index contributed by atoms with van der Waals surface area (Å²) >= 11 is 6.14. The van der Waals surface area contributed by atoms with Crippen molar-refractivity contribution in [3.63, 3.8) is 0 Å². The Labute approximate surface area is 263 Å². The average Bonchev–Trinajstić information content (AvgIpc) is 2.99. The van der Waals surface area contributed by atoms with E-state index in [0.717, 1.165) is 10.4 Å². The molecule has 0 saturated carbocycles. The third kappa shape index (κ3) is 6.06. The summed E-state index contributed by atoms with van der Waals surface area (Å²) < 4.78 is 45.2. The minimum Gasteiger partial charge on any atom is -0.403 e. The number of carbonyl (C=O) groups is 1. The lowest BCUT2D eigenvalue weighted by Gasteiger charge is -2.43. The van der Waals surface area contributed by atoms with Crippen molar-refractivity contribution in [2.24, 2.45) is 0 Å². The topological polar surface area (TPSA) is 64.5 Å². The first-order valence-electron chi connectivity index (χ1n) is 14.6. The molecular formula is C34H36ClF2N3O3Si. The van der Waals surface area contributed by atoms with E-state index in [1.54, 1.807) is 4.90 Å². The number of ketones is 1. The average molecular weight is 636 g/mol. The van der Waals surface area contributed by atoms with Gasteiger partial charge >= 0.3 is 0 Å². The fourth-order valence-electron chi connectivity index (χ4n) is 6.20. The number of nitrogens with zero attached hydrogens (tertiary/aromatic N) is 3. The van der Waals surface area contributed by atoms with Gasteiger partial charge in [-0.3, -0.25) is 4.79 Å². The number of hydrogen-bond acceptors (Lipinski definition) is 6. The molecule has 0 spiro atoms. The van der Waals surface area contributed by atoms with Crippen LogP contribution in [-0.2, 0) is 15.8 Å². The molecule has 1 aromatic heterocycles. The van der Waals surface area contributed by atoms with Gasteiger partial charge in [0.2, 0.25) is 5.78 Å². The maximum atomic E-state index is 16.3. The first-order valence-corrected chi connectivity index (χ1v) is 16.9. The fourth-order valence-corrected chi connectivity index (χ4v) is 10.9. The zero-order chi connectivity index (χ0) is 31.6. The molecule has 0 radical (unpaired) electrons. The Morgan fingerprint density at radius 3 is 2.02 bits per heavy atom. The first-order chi connectivity index (χ1) is 20.9. The van der Waals surface area contributed by atoms with Crippen LogP contribution in [0.25, 0.3) is 0 Å². The second-order valence-electron chi connectivity index (χ2n) is 12.2. The zero-order valence-electron chi connectivity index (χ0n) is 25.5. The largest absolute Gasteiger partial charge is 0.403 e. The van der Waals surface area contributed by atoms with E-state index in [2.05, 4.69) is 55.0 Å². The van der Waals surface area contributed by atoms with Crippen molar-refractivity contribution in [2.45, 2.75) is 58.5 Å². The molecule has 0 N–H and O–H groups in total. The molecule has 0 amide bonds. The minimum atomic E-state index is -3.07. The molecule has 1 aliphatic rings. The van der Waals surface area contributed by atoms with Crippen molar-refractivity contribution in [3.8, 4) is 0 Å². The minimum absolute atomic E-state index is 0.0595. The molecule has 4 aromatic rings. The van der Waals surface area contributed by atoms with Crippen molar-refractivity contribution >= 4 is 41.8 Å². The van der Waals surface area contributed by atoms with Gasteiger partial charge in [0, 0.05) is 31.0 Å². The Balaban J connectivity index is 1.69. The highest BCUT2D eigenvalue weighted by molar-refractivity contribution is 6.99. The molecule has 1 saturated heterocycles. The predicted molar refractivity (Wildman–Crippen MR) is 171 cm³/mol. The van der Waals surface area contributed by atoms with Crippen LogP contribution in [0.2, 0.25) is 10.2 Å². The van der Waals surface area contributed by atoms with Crippen LogP contribution in [0.4, 0.5) is 14.5 Å². The summed E-state index contributed by atoms with van der Waals surface area (Å²) in [5, 5.41) is 1.53. The molecule has 2 unspecified atom stereocenters. The van der Waals surface area contributed by atoms with Gasteiger partial charge in [-0.25, -0.2) is 18.7 Å². The Kier molecular flexibility index (Phi) is 9.32. The van der Waals surface area contributed by atoms with Crippen molar-refractivity contribution in [1.82, 2.24) is 9.97 Å². The van der Waals surface area contributed by atoms with Crippen LogP contribution >= 0.6 is 11.6 Å². The van der Waals surface area contributed by atoms with E-state index in [0.29, 0.717) is 18.7 Å². The van der Waals surface area contributed by atoms with Crippen LogP contribution in [0.5, 0.6) is 0 Å². The third-order valence-corrected chi connectivity index (χ3v) is 13.2. The van der Waals surface area contributed by atoms with Gasteiger partial charge in [0.25, 0.3) is 8.32 Å². The van der Waals surface area contributed by atoms with E-state index < -0.39 is 31.3 Å². The first kappa shape index (κ1) is 31.9. The molecule has 1 fully saturated rings. The Morgan fingerprint density at radius 1 is 0.955 bits per heavy atom. The van der Waals surface area contributed by atoms with E-state index in [-0.39, 0.29) is 40.4 Å². The van der Waals surface area contributed by atoms with E-state index in [9.17, 15) is 4.79 Å². The molecule has 44 heavy (non-hydrogen) atoms. The van der Waals surface area contributed by atoms with E-state index in [4.69, 9.17) is 20.8 Å². The lowest BCUT2D eigenvalue weighted by Crippen LogP contribution is -2.66. The van der Waals surface area contributed by atoms with Gasteiger partial charge in [0.1, 0.15) is 5.69 Å². The lowest BCUT2D eigenvalue weighted by atomic mass is 10.0. The number of aromatic nitrogens is 2.